The summed E-state index contributed by atoms with van der Waals surface area (Å²) in [6.07, 6.45) is 2.91. The van der Waals surface area contributed by atoms with Gasteiger partial charge in [-0.15, -0.1) is 0 Å². The summed E-state index contributed by atoms with van der Waals surface area (Å²) < 4.78 is 67.9. The number of hydrogen-bond donors (Lipinski definition) is 1. The maximum Gasteiger partial charge on any atom is 0.417 e. The lowest BCUT2D eigenvalue weighted by Crippen LogP contribution is -2.65. The second-order valence-electron chi connectivity index (χ2n) is 9.60. The molecular weight excluding hydrogens is 495 g/mol. The summed E-state index contributed by atoms with van der Waals surface area (Å²) in [4.78, 5) is 17.7. The molecule has 13 heteroatoms. The van der Waals surface area contributed by atoms with Crippen molar-refractivity contribution in [1.82, 2.24) is 29.0 Å². The number of imidazole rings is 1. The summed E-state index contributed by atoms with van der Waals surface area (Å²) >= 11 is 0. The van der Waals surface area contributed by atoms with Crippen LogP contribution in [0.25, 0.3) is 17.2 Å². The van der Waals surface area contributed by atoms with E-state index in [4.69, 9.17) is 4.98 Å². The summed E-state index contributed by atoms with van der Waals surface area (Å²) in [7, 11) is -3.39. The summed E-state index contributed by atoms with van der Waals surface area (Å²) in [6, 6.07) is 4.05. The Morgan fingerprint density at radius 1 is 1.14 bits per heavy atom. The maximum absolute atomic E-state index is 13.3. The number of nitrogens with one attached hydrogen (secondary N) is 1. The van der Waals surface area contributed by atoms with Crippen LogP contribution in [0, 0.1) is 0 Å². The molecule has 1 unspecified atom stereocenters. The quantitative estimate of drug-likeness (QED) is 0.531. The number of piperazine rings is 1. The second kappa shape index (κ2) is 8.96. The summed E-state index contributed by atoms with van der Waals surface area (Å²) in [5.41, 5.74) is -0.0736. The van der Waals surface area contributed by atoms with Gasteiger partial charge >= 0.3 is 6.18 Å². The van der Waals surface area contributed by atoms with Gasteiger partial charge in [-0.05, 0) is 44.9 Å². The fraction of sp³-hybridized carbons (Fsp3) is 0.522. The van der Waals surface area contributed by atoms with Crippen LogP contribution in [0.3, 0.4) is 0 Å². The lowest BCUT2D eigenvalue weighted by Gasteiger charge is -2.49. The van der Waals surface area contributed by atoms with Crippen molar-refractivity contribution in [2.45, 2.75) is 57.0 Å². The Labute approximate surface area is 207 Å². The molecule has 1 saturated carbocycles. The van der Waals surface area contributed by atoms with Crippen LogP contribution in [0.5, 0.6) is 0 Å². The molecule has 2 fully saturated rings. The molecule has 36 heavy (non-hydrogen) atoms. The third-order valence-electron chi connectivity index (χ3n) is 6.89. The highest BCUT2D eigenvalue weighted by Crippen LogP contribution is 2.35. The third kappa shape index (κ3) is 4.91. The molecule has 2 aliphatic rings. The highest BCUT2D eigenvalue weighted by Gasteiger charge is 2.44. The van der Waals surface area contributed by atoms with Gasteiger partial charge in [-0.3, -0.25) is 9.30 Å². The Morgan fingerprint density at radius 2 is 1.89 bits per heavy atom. The van der Waals surface area contributed by atoms with Crippen LogP contribution in [-0.4, -0.2) is 76.2 Å². The Kier molecular flexibility index (Phi) is 6.20. The van der Waals surface area contributed by atoms with E-state index in [1.165, 1.54) is 16.7 Å². The van der Waals surface area contributed by atoms with E-state index in [1.807, 2.05) is 13.8 Å². The van der Waals surface area contributed by atoms with Gasteiger partial charge < -0.3 is 4.90 Å². The van der Waals surface area contributed by atoms with Crippen molar-refractivity contribution in [2.75, 3.05) is 24.2 Å². The Balaban J connectivity index is 1.48. The summed E-state index contributed by atoms with van der Waals surface area (Å²) in [5, 5.41) is 0. The van der Waals surface area contributed by atoms with E-state index < -0.39 is 21.8 Å². The normalized spacial score (nSPS) is 22.8. The molecule has 0 amide bonds. The number of nitrogens with zero attached hydrogens (tertiary/aromatic N) is 6. The first kappa shape index (κ1) is 24.9. The van der Waals surface area contributed by atoms with Gasteiger partial charge in [0.15, 0.2) is 5.82 Å². The van der Waals surface area contributed by atoms with Crippen molar-refractivity contribution in [3.8, 4) is 11.5 Å². The van der Waals surface area contributed by atoms with Crippen molar-refractivity contribution in [3.05, 3.63) is 42.4 Å². The zero-order chi connectivity index (χ0) is 25.8. The number of rotatable bonds is 6. The van der Waals surface area contributed by atoms with Gasteiger partial charge in [-0.2, -0.15) is 13.2 Å². The number of anilines is 1. The van der Waals surface area contributed by atoms with Crippen molar-refractivity contribution < 1.29 is 21.6 Å². The predicted molar refractivity (Wildman–Crippen MR) is 129 cm³/mol. The van der Waals surface area contributed by atoms with Crippen molar-refractivity contribution in [3.63, 3.8) is 0 Å². The number of fused-ring (bicyclic) bond motifs is 1. The SMILES string of the molecule is CC(NS(C)(=O)=O)[C@@H]1[C@H](C)N(c2ccnc(-c3cnc4ccc(C(F)(F)F)cn34)n2)CCN1C1CC1. The zero-order valence-electron chi connectivity index (χ0n) is 20.1. The number of aromatic nitrogens is 4. The Morgan fingerprint density at radius 3 is 2.56 bits per heavy atom. The topological polar surface area (TPSA) is 95.7 Å². The highest BCUT2D eigenvalue weighted by atomic mass is 32.2. The molecule has 194 valence electrons. The maximum atomic E-state index is 13.3. The van der Waals surface area contributed by atoms with E-state index in [0.29, 0.717) is 29.7 Å². The summed E-state index contributed by atoms with van der Waals surface area (Å²) in [5.74, 6) is 0.886. The van der Waals surface area contributed by atoms with Crippen LogP contribution in [0.1, 0.15) is 32.3 Å². The van der Waals surface area contributed by atoms with Gasteiger partial charge in [0.1, 0.15) is 17.2 Å². The van der Waals surface area contributed by atoms with E-state index in [1.54, 1.807) is 12.3 Å². The predicted octanol–water partition coefficient (Wildman–Crippen LogP) is 2.79. The van der Waals surface area contributed by atoms with Crippen molar-refractivity contribution in [2.24, 2.45) is 0 Å². The minimum atomic E-state index is -4.49. The number of halogens is 3. The largest absolute Gasteiger partial charge is 0.417 e. The van der Waals surface area contributed by atoms with E-state index in [2.05, 4.69) is 24.5 Å². The smallest absolute Gasteiger partial charge is 0.351 e. The number of hydrogen-bond acceptors (Lipinski definition) is 7. The van der Waals surface area contributed by atoms with Gasteiger partial charge in [-0.1, -0.05) is 0 Å². The first-order chi connectivity index (χ1) is 16.9. The molecule has 5 rings (SSSR count). The molecule has 0 aromatic carbocycles. The molecule has 0 spiro atoms. The van der Waals surface area contributed by atoms with E-state index in [-0.39, 0.29) is 23.9 Å². The molecule has 0 radical (unpaired) electrons. The first-order valence-corrected chi connectivity index (χ1v) is 13.7. The number of sulfonamides is 1. The van der Waals surface area contributed by atoms with Crippen LogP contribution in [0.15, 0.2) is 36.8 Å². The van der Waals surface area contributed by atoms with Crippen molar-refractivity contribution in [1.29, 1.82) is 0 Å². The van der Waals surface area contributed by atoms with Gasteiger partial charge in [0, 0.05) is 49.7 Å². The van der Waals surface area contributed by atoms with Crippen LogP contribution >= 0.6 is 0 Å². The molecule has 3 aromatic rings. The average Bonchev–Trinajstić information content (AvgIpc) is 3.55. The lowest BCUT2D eigenvalue weighted by molar-refractivity contribution is -0.137. The standard InChI is InChI=1S/C23H28F3N7O2S/c1-14(30-36(3,34)35)21-15(2)31(10-11-32(21)17-5-6-17)20-8-9-27-22(29-20)18-12-28-19-7-4-16(13-33(18)19)23(24,25)26/h4,7-9,12-15,17,21,30H,5-6,10-11H2,1-3H3/t14?,15-,21+/m0/s1. The highest BCUT2D eigenvalue weighted by molar-refractivity contribution is 7.88. The molecule has 1 aliphatic carbocycles. The van der Waals surface area contributed by atoms with Gasteiger partial charge in [0.25, 0.3) is 0 Å². The monoisotopic (exact) mass is 523 g/mol. The van der Waals surface area contributed by atoms with E-state index in [9.17, 15) is 21.6 Å². The fourth-order valence-corrected chi connectivity index (χ4v) is 6.07. The molecule has 0 bridgehead atoms. The molecule has 1 N–H and O–H groups in total. The minimum Gasteiger partial charge on any atom is -0.351 e. The van der Waals surface area contributed by atoms with Crippen LogP contribution < -0.4 is 9.62 Å². The number of alkyl halides is 3. The van der Waals surface area contributed by atoms with Gasteiger partial charge in [-0.25, -0.2) is 28.1 Å². The van der Waals surface area contributed by atoms with E-state index >= 15 is 0 Å². The first-order valence-electron chi connectivity index (χ1n) is 11.8. The van der Waals surface area contributed by atoms with Crippen LogP contribution in [0.4, 0.5) is 19.0 Å². The molecule has 3 atom stereocenters. The molecule has 9 nitrogen and oxygen atoms in total. The minimum absolute atomic E-state index is 0.0784. The fourth-order valence-electron chi connectivity index (χ4n) is 5.25. The molecular formula is C23H28F3N7O2S. The van der Waals surface area contributed by atoms with Crippen LogP contribution in [-0.2, 0) is 16.2 Å². The molecule has 4 heterocycles. The average molecular weight is 524 g/mol. The Hall–Kier alpha value is -2.77. The van der Waals surface area contributed by atoms with Gasteiger partial charge in [0.2, 0.25) is 10.0 Å². The van der Waals surface area contributed by atoms with Crippen LogP contribution in [0.2, 0.25) is 0 Å². The van der Waals surface area contributed by atoms with Crippen molar-refractivity contribution >= 4 is 21.5 Å². The second-order valence-corrected chi connectivity index (χ2v) is 11.4. The number of pyridine rings is 1. The third-order valence-corrected chi connectivity index (χ3v) is 7.69. The van der Waals surface area contributed by atoms with Gasteiger partial charge in [0.05, 0.1) is 18.0 Å². The summed E-state index contributed by atoms with van der Waals surface area (Å²) in [6.45, 7) is 5.36. The Bertz CT molecular complexity index is 1370. The zero-order valence-corrected chi connectivity index (χ0v) is 21.0. The van der Waals surface area contributed by atoms with E-state index in [0.717, 1.165) is 37.9 Å². The molecule has 1 saturated heterocycles. The lowest BCUT2D eigenvalue weighted by atomic mass is 9.96. The molecule has 3 aromatic heterocycles. The molecule has 1 aliphatic heterocycles.